The molecule has 2 rings (SSSR count). The van der Waals surface area contributed by atoms with Gasteiger partial charge in [0, 0.05) is 29.2 Å². The molecular formula is C16H15BrF2N2O. The lowest BCUT2D eigenvalue weighted by atomic mass is 10.2. The number of hydrogen-bond acceptors (Lipinski definition) is 2. The number of carbonyl (C=O) groups excluding carboxylic acids is 1. The molecule has 2 N–H and O–H groups in total. The standard InChI is InChI=1S/C16H15BrF2N2O/c1-10-8-12(3-4-13(10)17)21-16(22)6-7-20-15-5-2-11(18)9-14(15)19/h2-5,8-9,20H,6-7H2,1H3,(H,21,22). The average Bonchev–Trinajstić information content (AvgIpc) is 2.45. The van der Waals surface area contributed by atoms with Crippen molar-refractivity contribution in [1.82, 2.24) is 0 Å². The summed E-state index contributed by atoms with van der Waals surface area (Å²) in [7, 11) is 0. The summed E-state index contributed by atoms with van der Waals surface area (Å²) in [5.74, 6) is -1.49. The Hall–Kier alpha value is -1.95. The largest absolute Gasteiger partial charge is 0.382 e. The molecule has 0 aromatic heterocycles. The molecule has 0 heterocycles. The number of halogens is 3. The zero-order valence-corrected chi connectivity index (χ0v) is 13.5. The van der Waals surface area contributed by atoms with E-state index in [-0.39, 0.29) is 24.6 Å². The van der Waals surface area contributed by atoms with Gasteiger partial charge in [-0.3, -0.25) is 4.79 Å². The Kier molecular flexibility index (Phi) is 5.49. The van der Waals surface area contributed by atoms with Gasteiger partial charge in [0.2, 0.25) is 5.91 Å². The highest BCUT2D eigenvalue weighted by Gasteiger charge is 2.06. The van der Waals surface area contributed by atoms with Crippen LogP contribution in [-0.2, 0) is 4.79 Å². The predicted molar refractivity (Wildman–Crippen MR) is 87.0 cm³/mol. The van der Waals surface area contributed by atoms with Crippen molar-refractivity contribution in [2.45, 2.75) is 13.3 Å². The number of benzene rings is 2. The van der Waals surface area contributed by atoms with Crippen LogP contribution in [0.3, 0.4) is 0 Å². The number of carbonyl (C=O) groups is 1. The van der Waals surface area contributed by atoms with Gasteiger partial charge in [-0.2, -0.15) is 0 Å². The maximum Gasteiger partial charge on any atom is 0.226 e. The van der Waals surface area contributed by atoms with Gasteiger partial charge in [0.25, 0.3) is 0 Å². The highest BCUT2D eigenvalue weighted by molar-refractivity contribution is 9.10. The quantitative estimate of drug-likeness (QED) is 0.816. The summed E-state index contributed by atoms with van der Waals surface area (Å²) in [6.07, 6.45) is 0.173. The van der Waals surface area contributed by atoms with Gasteiger partial charge in [-0.1, -0.05) is 15.9 Å². The molecule has 0 aliphatic carbocycles. The van der Waals surface area contributed by atoms with Crippen molar-refractivity contribution in [2.24, 2.45) is 0 Å². The smallest absolute Gasteiger partial charge is 0.226 e. The van der Waals surface area contributed by atoms with Gasteiger partial charge in [0.05, 0.1) is 5.69 Å². The minimum atomic E-state index is -0.677. The second-order valence-electron chi connectivity index (χ2n) is 4.81. The zero-order valence-electron chi connectivity index (χ0n) is 11.9. The Morgan fingerprint density at radius 2 is 1.95 bits per heavy atom. The monoisotopic (exact) mass is 368 g/mol. The fraction of sp³-hybridized carbons (Fsp3) is 0.188. The van der Waals surface area contributed by atoms with Gasteiger partial charge in [-0.25, -0.2) is 8.78 Å². The minimum absolute atomic E-state index is 0.173. The van der Waals surface area contributed by atoms with Crippen molar-refractivity contribution >= 4 is 33.2 Å². The number of aryl methyl sites for hydroxylation is 1. The molecule has 6 heteroatoms. The molecule has 2 aromatic carbocycles. The normalized spacial score (nSPS) is 10.4. The molecule has 0 spiro atoms. The predicted octanol–water partition coefficient (Wildman–Crippen LogP) is 4.48. The topological polar surface area (TPSA) is 41.1 Å². The number of rotatable bonds is 5. The summed E-state index contributed by atoms with van der Waals surface area (Å²) >= 11 is 3.39. The SMILES string of the molecule is Cc1cc(NC(=O)CCNc2ccc(F)cc2F)ccc1Br. The van der Waals surface area contributed by atoms with Gasteiger partial charge >= 0.3 is 0 Å². The lowest BCUT2D eigenvalue weighted by Crippen LogP contribution is -2.16. The second kappa shape index (κ2) is 7.35. The Morgan fingerprint density at radius 1 is 1.18 bits per heavy atom. The second-order valence-corrected chi connectivity index (χ2v) is 5.67. The number of hydrogen-bond donors (Lipinski definition) is 2. The minimum Gasteiger partial charge on any atom is -0.382 e. The van der Waals surface area contributed by atoms with Crippen molar-refractivity contribution in [2.75, 3.05) is 17.2 Å². The van der Waals surface area contributed by atoms with E-state index in [0.717, 1.165) is 22.2 Å². The first kappa shape index (κ1) is 16.4. The van der Waals surface area contributed by atoms with Crippen LogP contribution in [0.4, 0.5) is 20.2 Å². The van der Waals surface area contributed by atoms with E-state index < -0.39 is 11.6 Å². The first-order valence-electron chi connectivity index (χ1n) is 6.70. The average molecular weight is 369 g/mol. The fourth-order valence-corrected chi connectivity index (χ4v) is 2.14. The molecule has 0 saturated heterocycles. The molecule has 0 bridgehead atoms. The highest BCUT2D eigenvalue weighted by atomic mass is 79.9. The zero-order chi connectivity index (χ0) is 16.1. The van der Waals surface area contributed by atoms with E-state index in [9.17, 15) is 13.6 Å². The molecule has 0 atom stereocenters. The third kappa shape index (κ3) is 4.53. The highest BCUT2D eigenvalue weighted by Crippen LogP contribution is 2.20. The van der Waals surface area contributed by atoms with Crippen LogP contribution in [0.1, 0.15) is 12.0 Å². The van der Waals surface area contributed by atoms with Crippen LogP contribution in [0.25, 0.3) is 0 Å². The molecule has 22 heavy (non-hydrogen) atoms. The molecule has 2 aromatic rings. The van der Waals surface area contributed by atoms with E-state index in [2.05, 4.69) is 26.6 Å². The number of nitrogens with one attached hydrogen (secondary N) is 2. The third-order valence-electron chi connectivity index (χ3n) is 3.04. The molecule has 1 amide bonds. The fourth-order valence-electron chi connectivity index (χ4n) is 1.89. The third-order valence-corrected chi connectivity index (χ3v) is 3.93. The molecule has 0 unspecified atom stereocenters. The summed E-state index contributed by atoms with van der Waals surface area (Å²) in [5.41, 5.74) is 1.90. The van der Waals surface area contributed by atoms with Gasteiger partial charge in [-0.15, -0.1) is 0 Å². The van der Waals surface area contributed by atoms with Gasteiger partial charge in [-0.05, 0) is 42.8 Å². The summed E-state index contributed by atoms with van der Waals surface area (Å²) < 4.78 is 27.1. The molecule has 0 aliphatic rings. The first-order valence-corrected chi connectivity index (χ1v) is 7.50. The van der Waals surface area contributed by atoms with Crippen molar-refractivity contribution in [3.63, 3.8) is 0 Å². The number of anilines is 2. The summed E-state index contributed by atoms with van der Waals surface area (Å²) in [6, 6.07) is 8.78. The van der Waals surface area contributed by atoms with E-state index in [0.29, 0.717) is 5.69 Å². The molecule has 0 radical (unpaired) electrons. The number of amides is 1. The Morgan fingerprint density at radius 3 is 2.64 bits per heavy atom. The van der Waals surface area contributed by atoms with Crippen molar-refractivity contribution in [1.29, 1.82) is 0 Å². The Balaban J connectivity index is 1.83. The van der Waals surface area contributed by atoms with Crippen molar-refractivity contribution in [3.8, 4) is 0 Å². The molecule has 0 aliphatic heterocycles. The van der Waals surface area contributed by atoms with Crippen molar-refractivity contribution < 1.29 is 13.6 Å². The van der Waals surface area contributed by atoms with Gasteiger partial charge in [0.1, 0.15) is 11.6 Å². The summed E-state index contributed by atoms with van der Waals surface area (Å²) in [6.45, 7) is 2.18. The maximum atomic E-state index is 13.4. The molecule has 0 saturated carbocycles. The van der Waals surface area contributed by atoms with Crippen LogP contribution in [0.2, 0.25) is 0 Å². The van der Waals surface area contributed by atoms with E-state index in [1.165, 1.54) is 6.07 Å². The van der Waals surface area contributed by atoms with Crippen molar-refractivity contribution in [3.05, 3.63) is 58.1 Å². The van der Waals surface area contributed by atoms with Crippen LogP contribution in [0, 0.1) is 18.6 Å². The lowest BCUT2D eigenvalue weighted by molar-refractivity contribution is -0.115. The summed E-state index contributed by atoms with van der Waals surface area (Å²) in [5, 5.41) is 5.53. The van der Waals surface area contributed by atoms with Crippen LogP contribution in [0.5, 0.6) is 0 Å². The van der Waals surface area contributed by atoms with Gasteiger partial charge < -0.3 is 10.6 Å². The van der Waals surface area contributed by atoms with E-state index >= 15 is 0 Å². The van der Waals surface area contributed by atoms with E-state index in [4.69, 9.17) is 0 Å². The Labute approximate surface area is 135 Å². The van der Waals surface area contributed by atoms with Crippen LogP contribution in [0.15, 0.2) is 40.9 Å². The lowest BCUT2D eigenvalue weighted by Gasteiger charge is -2.09. The maximum absolute atomic E-state index is 13.4. The molecular weight excluding hydrogens is 354 g/mol. The molecule has 3 nitrogen and oxygen atoms in total. The molecule has 116 valence electrons. The van der Waals surface area contributed by atoms with Gasteiger partial charge in [0.15, 0.2) is 0 Å². The van der Waals surface area contributed by atoms with E-state index in [1.54, 1.807) is 6.07 Å². The van der Waals surface area contributed by atoms with E-state index in [1.807, 2.05) is 19.1 Å². The Bertz CT molecular complexity index is 692. The summed E-state index contributed by atoms with van der Waals surface area (Å²) in [4.78, 5) is 11.8. The first-order chi connectivity index (χ1) is 10.5. The van der Waals surface area contributed by atoms with Crippen LogP contribution in [-0.4, -0.2) is 12.5 Å². The van der Waals surface area contributed by atoms with Crippen LogP contribution < -0.4 is 10.6 Å². The van der Waals surface area contributed by atoms with Crippen LogP contribution >= 0.6 is 15.9 Å². The molecule has 0 fully saturated rings.